The van der Waals surface area contributed by atoms with E-state index in [1.54, 1.807) is 18.2 Å². The molecule has 0 radical (unpaired) electrons. The molecular formula is C37H38FN5O3. The minimum atomic E-state index is -0.478. The van der Waals surface area contributed by atoms with E-state index in [1.165, 1.54) is 0 Å². The van der Waals surface area contributed by atoms with Gasteiger partial charge in [0.15, 0.2) is 5.82 Å². The fraction of sp³-hybridized carbons (Fsp3) is 0.459. The lowest BCUT2D eigenvalue weighted by atomic mass is 9.78. The first-order chi connectivity index (χ1) is 22.4. The van der Waals surface area contributed by atoms with Crippen LogP contribution in [0.3, 0.4) is 0 Å². The Morgan fingerprint density at radius 3 is 2.63 bits per heavy atom. The van der Waals surface area contributed by atoms with E-state index in [0.29, 0.717) is 52.0 Å². The highest BCUT2D eigenvalue weighted by Gasteiger charge is 2.52. The molecule has 5 fully saturated rings. The number of hydrogen-bond acceptors (Lipinski definition) is 8. The summed E-state index contributed by atoms with van der Waals surface area (Å²) in [6.45, 7) is 7.06. The molecular weight excluding hydrogens is 581 g/mol. The van der Waals surface area contributed by atoms with Gasteiger partial charge < -0.3 is 29.7 Å². The molecule has 5 heterocycles. The number of piperazine rings is 1. The van der Waals surface area contributed by atoms with Gasteiger partial charge in [-0.05, 0) is 67.3 Å². The maximum absolute atomic E-state index is 16.9. The molecule has 1 saturated carbocycles. The van der Waals surface area contributed by atoms with Gasteiger partial charge in [0.2, 0.25) is 0 Å². The number of phenolic OH excluding ortho intramolecular Hbond substituents is 1. The van der Waals surface area contributed by atoms with Crippen LogP contribution in [0.5, 0.6) is 11.8 Å². The number of terminal acetylenes is 1. The second-order valence-corrected chi connectivity index (χ2v) is 14.5. The number of phenols is 1. The monoisotopic (exact) mass is 619 g/mol. The summed E-state index contributed by atoms with van der Waals surface area (Å²) < 4.78 is 29.0. The van der Waals surface area contributed by atoms with Crippen LogP contribution in [-0.2, 0) is 4.74 Å². The van der Waals surface area contributed by atoms with Crippen molar-refractivity contribution >= 4 is 27.5 Å². The molecule has 236 valence electrons. The van der Waals surface area contributed by atoms with Crippen LogP contribution in [0.25, 0.3) is 32.8 Å². The van der Waals surface area contributed by atoms with Crippen molar-refractivity contribution < 1.29 is 19.0 Å². The molecule has 9 rings (SSSR count). The summed E-state index contributed by atoms with van der Waals surface area (Å²) in [6, 6.07) is 13.4. The van der Waals surface area contributed by atoms with Gasteiger partial charge in [-0.2, -0.15) is 9.97 Å². The van der Waals surface area contributed by atoms with Crippen molar-refractivity contribution in [2.24, 2.45) is 10.8 Å². The average molecular weight is 620 g/mol. The number of rotatable bonds is 7. The van der Waals surface area contributed by atoms with Crippen LogP contribution in [0.1, 0.15) is 37.7 Å². The number of nitrogens with zero attached hydrogens (tertiary/aromatic N) is 4. The number of fused-ring (bicyclic) bond motifs is 4. The third-order valence-corrected chi connectivity index (χ3v) is 11.0. The highest BCUT2D eigenvalue weighted by Crippen LogP contribution is 2.50. The standard InChI is InChI=1S/C37H38FN5O3/c1-2-23-4-3-5-24-14-27(44)15-30(31(23)24)28-8-9-29-33(32(28)38)40-35(41-34(29)43-16-25-6-7-26(17-43)39-25)46-22-36(10-11-36)18-42-19-37(20-42)12-13-45-21-37/h1,3-5,8-9,14-15,25-26,39,44H,6-7,10-13,16-22H2. The van der Waals surface area contributed by atoms with Crippen molar-refractivity contribution in [3.05, 3.63) is 53.8 Å². The highest BCUT2D eigenvalue weighted by molar-refractivity contribution is 6.04. The van der Waals surface area contributed by atoms with Gasteiger partial charge in [-0.15, -0.1) is 6.42 Å². The van der Waals surface area contributed by atoms with Crippen LogP contribution in [0.2, 0.25) is 0 Å². The Labute approximate surface area is 267 Å². The molecule has 4 aromatic rings. The molecule has 2 atom stereocenters. The van der Waals surface area contributed by atoms with Gasteiger partial charge in [0, 0.05) is 84.1 Å². The maximum atomic E-state index is 16.9. The average Bonchev–Trinajstić information content (AvgIpc) is 3.47. The lowest BCUT2D eigenvalue weighted by Gasteiger charge is -2.48. The number of aromatic hydroxyl groups is 1. The Morgan fingerprint density at radius 2 is 1.89 bits per heavy atom. The number of ether oxygens (including phenoxy) is 2. The van der Waals surface area contributed by atoms with Gasteiger partial charge in [0.25, 0.3) is 0 Å². The molecule has 1 aliphatic carbocycles. The SMILES string of the molecule is C#Cc1cccc2cc(O)cc(-c3ccc4c(N5CC6CCC(C5)N6)nc(OCC5(CN6CC7(CCOC7)C6)CC5)nc4c3F)c12. The summed E-state index contributed by atoms with van der Waals surface area (Å²) >= 11 is 0. The van der Waals surface area contributed by atoms with Gasteiger partial charge in [-0.1, -0.05) is 24.1 Å². The van der Waals surface area contributed by atoms with Crippen LogP contribution in [0.15, 0.2) is 42.5 Å². The Bertz CT molecular complexity index is 1890. The zero-order valence-electron chi connectivity index (χ0n) is 25.9. The number of benzene rings is 3. The van der Waals surface area contributed by atoms with Crippen molar-refractivity contribution in [3.8, 4) is 35.2 Å². The van der Waals surface area contributed by atoms with Crippen molar-refractivity contribution in [2.45, 2.75) is 44.2 Å². The van der Waals surface area contributed by atoms with E-state index in [-0.39, 0.29) is 22.7 Å². The predicted octanol–water partition coefficient (Wildman–Crippen LogP) is 5.10. The molecule has 8 nitrogen and oxygen atoms in total. The van der Waals surface area contributed by atoms with Crippen LogP contribution in [0.4, 0.5) is 10.2 Å². The summed E-state index contributed by atoms with van der Waals surface area (Å²) in [6.07, 6.45) is 11.5. The van der Waals surface area contributed by atoms with Crippen molar-refractivity contribution in [1.29, 1.82) is 0 Å². The third-order valence-electron chi connectivity index (χ3n) is 11.0. The zero-order valence-corrected chi connectivity index (χ0v) is 25.9. The predicted molar refractivity (Wildman–Crippen MR) is 176 cm³/mol. The molecule has 46 heavy (non-hydrogen) atoms. The largest absolute Gasteiger partial charge is 0.508 e. The fourth-order valence-corrected chi connectivity index (χ4v) is 8.48. The number of aromatic nitrogens is 2. The van der Waals surface area contributed by atoms with E-state index in [2.05, 4.69) is 21.0 Å². The summed E-state index contributed by atoms with van der Waals surface area (Å²) in [4.78, 5) is 14.5. The molecule has 9 heteroatoms. The molecule has 0 amide bonds. The Hall–Kier alpha value is -3.97. The van der Waals surface area contributed by atoms with Crippen LogP contribution >= 0.6 is 0 Å². The summed E-state index contributed by atoms with van der Waals surface area (Å²) in [5.41, 5.74) is 2.15. The van der Waals surface area contributed by atoms with Gasteiger partial charge in [-0.25, -0.2) is 4.39 Å². The Balaban J connectivity index is 1.09. The van der Waals surface area contributed by atoms with Crippen molar-refractivity contribution in [3.63, 3.8) is 0 Å². The topological polar surface area (TPSA) is 83.0 Å². The molecule has 2 unspecified atom stereocenters. The first kappa shape index (κ1) is 28.3. The minimum absolute atomic E-state index is 0.0446. The zero-order chi connectivity index (χ0) is 31.0. The van der Waals surface area contributed by atoms with E-state index >= 15 is 4.39 Å². The number of nitrogens with one attached hydrogen (secondary N) is 1. The van der Waals surface area contributed by atoms with E-state index in [1.807, 2.05) is 24.3 Å². The summed E-state index contributed by atoms with van der Waals surface area (Å²) in [5.74, 6) is 3.01. The second kappa shape index (κ2) is 10.5. The van der Waals surface area contributed by atoms with Crippen LogP contribution < -0.4 is 15.0 Å². The molecule has 2 N–H and O–H groups in total. The molecule has 4 aliphatic heterocycles. The van der Waals surface area contributed by atoms with Crippen LogP contribution in [0, 0.1) is 29.0 Å². The summed E-state index contributed by atoms with van der Waals surface area (Å²) in [7, 11) is 0. The van der Waals surface area contributed by atoms with Crippen molar-refractivity contribution in [2.75, 3.05) is 57.4 Å². The van der Waals surface area contributed by atoms with Gasteiger partial charge >= 0.3 is 6.01 Å². The number of halogens is 1. The van der Waals surface area contributed by atoms with E-state index in [4.69, 9.17) is 25.9 Å². The smallest absolute Gasteiger partial charge is 0.319 e. The third kappa shape index (κ3) is 4.77. The number of likely N-dealkylation sites (tertiary alicyclic amines) is 1. The van der Waals surface area contributed by atoms with Crippen LogP contribution in [-0.4, -0.2) is 84.6 Å². The molecule has 1 spiro atoms. The number of anilines is 1. The minimum Gasteiger partial charge on any atom is -0.508 e. The molecule has 5 aliphatic rings. The fourth-order valence-electron chi connectivity index (χ4n) is 8.48. The van der Waals surface area contributed by atoms with Crippen molar-refractivity contribution in [1.82, 2.24) is 20.2 Å². The lowest BCUT2D eigenvalue weighted by Crippen LogP contribution is -2.58. The number of hydrogen-bond donors (Lipinski definition) is 2. The second-order valence-electron chi connectivity index (χ2n) is 14.5. The van der Waals surface area contributed by atoms with E-state index in [0.717, 1.165) is 88.8 Å². The molecule has 1 aromatic heterocycles. The van der Waals surface area contributed by atoms with Gasteiger partial charge in [0.05, 0.1) is 13.2 Å². The Kier molecular flexibility index (Phi) is 6.47. The quantitative estimate of drug-likeness (QED) is 0.277. The van der Waals surface area contributed by atoms with Gasteiger partial charge in [0.1, 0.15) is 17.1 Å². The van der Waals surface area contributed by atoms with E-state index in [9.17, 15) is 5.11 Å². The Morgan fingerprint density at radius 1 is 1.07 bits per heavy atom. The normalized spacial score (nSPS) is 24.4. The molecule has 4 saturated heterocycles. The highest BCUT2D eigenvalue weighted by atomic mass is 19.1. The lowest BCUT2D eigenvalue weighted by molar-refractivity contribution is -0.0239. The molecule has 2 bridgehead atoms. The van der Waals surface area contributed by atoms with E-state index < -0.39 is 5.82 Å². The first-order valence-electron chi connectivity index (χ1n) is 16.6. The molecule has 3 aromatic carbocycles. The maximum Gasteiger partial charge on any atom is 0.319 e. The summed E-state index contributed by atoms with van der Waals surface area (Å²) in [5, 5.41) is 16.4. The first-order valence-corrected chi connectivity index (χ1v) is 16.6. The van der Waals surface area contributed by atoms with Gasteiger partial charge in [-0.3, -0.25) is 0 Å².